The lowest BCUT2D eigenvalue weighted by molar-refractivity contribution is 0.0285. The Kier molecular flexibility index (Phi) is 9.03. The molecule has 2 aliphatic carbocycles. The third kappa shape index (κ3) is 7.26. The van der Waals surface area contributed by atoms with Crippen LogP contribution in [0.1, 0.15) is 82.2 Å². The van der Waals surface area contributed by atoms with Gasteiger partial charge in [0, 0.05) is 19.3 Å². The maximum absolute atomic E-state index is 14.7. The van der Waals surface area contributed by atoms with Crippen molar-refractivity contribution in [3.8, 4) is 0 Å². The lowest BCUT2D eigenvalue weighted by atomic mass is 9.99. The summed E-state index contributed by atoms with van der Waals surface area (Å²) >= 11 is 0. The summed E-state index contributed by atoms with van der Waals surface area (Å²) in [6.45, 7) is 16.4. The molecule has 0 bridgehead atoms. The molecule has 0 spiro atoms. The number of ether oxygens (including phenoxy) is 1. The molecule has 0 aliphatic heterocycles. The topological polar surface area (TPSA) is 100 Å². The Morgan fingerprint density at radius 3 is 2.00 bits per heavy atom. The summed E-state index contributed by atoms with van der Waals surface area (Å²) in [7, 11) is -4.00. The van der Waals surface area contributed by atoms with E-state index in [-0.39, 0.29) is 5.04 Å². The fourth-order valence-electron chi connectivity index (χ4n) is 5.30. The molecule has 0 saturated heterocycles. The molecule has 0 aromatic heterocycles. The summed E-state index contributed by atoms with van der Waals surface area (Å²) < 4.78 is 28.0. The molecule has 8 nitrogen and oxygen atoms in total. The number of hydrogen-bond acceptors (Lipinski definition) is 4. The molecule has 2 aromatic carbocycles. The first-order valence-electron chi connectivity index (χ1n) is 15.0. The molecule has 1 unspecified atom stereocenters. The standard InChI is InChI=1S/C32H48N4O4SSi/c1-31(2,3)40-30(38)36(7)21-22-16-18-25(19-17-22)41(39,35-42(8,9)32(4,5)6)34-29(37)33-28-26-14-10-12-23(26)20-24-13-11-15-27(24)28/h16-20H,10-15,21H2,1-9H3,(H2,33,34,35,37,39). The number of anilines is 1. The summed E-state index contributed by atoms with van der Waals surface area (Å²) in [5.41, 5.74) is 6.21. The number of nitrogens with zero attached hydrogens (tertiary/aromatic N) is 2. The number of aryl methyl sites for hydroxylation is 2. The monoisotopic (exact) mass is 612 g/mol. The minimum atomic E-state index is -3.32. The van der Waals surface area contributed by atoms with Crippen molar-refractivity contribution in [1.82, 2.24) is 9.29 Å². The minimum absolute atomic E-state index is 0.140. The fourth-order valence-corrected chi connectivity index (χ4v) is 10.8. The molecule has 0 heterocycles. The molecule has 0 radical (unpaired) electrons. The van der Waals surface area contributed by atoms with Gasteiger partial charge in [0.1, 0.15) is 23.8 Å². The number of benzene rings is 2. The average Bonchev–Trinajstić information content (AvgIpc) is 3.51. The molecule has 2 aromatic rings. The molecular weight excluding hydrogens is 565 g/mol. The van der Waals surface area contributed by atoms with Crippen LogP contribution >= 0.6 is 0 Å². The van der Waals surface area contributed by atoms with Crippen LogP contribution in [0, 0.1) is 0 Å². The first-order chi connectivity index (χ1) is 19.4. The zero-order valence-corrected chi connectivity index (χ0v) is 28.6. The maximum Gasteiger partial charge on any atom is 0.410 e. The molecule has 10 heteroatoms. The van der Waals surface area contributed by atoms with Crippen LogP contribution in [0.3, 0.4) is 0 Å². The van der Waals surface area contributed by atoms with Crippen molar-refractivity contribution in [2.45, 2.75) is 115 Å². The van der Waals surface area contributed by atoms with Crippen LogP contribution in [0.15, 0.2) is 39.6 Å². The van der Waals surface area contributed by atoms with E-state index in [2.05, 4.69) is 54.0 Å². The van der Waals surface area contributed by atoms with Crippen molar-refractivity contribution in [1.29, 1.82) is 0 Å². The summed E-state index contributed by atoms with van der Waals surface area (Å²) in [5.74, 6) is 0. The second-order valence-electron chi connectivity index (χ2n) is 14.2. The second kappa shape index (κ2) is 11.8. The van der Waals surface area contributed by atoms with Gasteiger partial charge < -0.3 is 15.0 Å². The van der Waals surface area contributed by atoms with Gasteiger partial charge in [0.2, 0.25) is 0 Å². The number of carbonyl (C=O) groups is 2. The Balaban J connectivity index is 1.66. The highest BCUT2D eigenvalue weighted by Crippen LogP contribution is 2.39. The zero-order chi connectivity index (χ0) is 31.1. The molecule has 3 amide bonds. The number of amides is 3. The molecular formula is C32H48N4O4SSi. The highest BCUT2D eigenvalue weighted by molar-refractivity contribution is 7.93. The Hall–Kier alpha value is -2.69. The lowest BCUT2D eigenvalue weighted by Crippen LogP contribution is -2.54. The van der Waals surface area contributed by atoms with Crippen molar-refractivity contribution in [2.75, 3.05) is 12.4 Å². The minimum Gasteiger partial charge on any atom is -0.444 e. The van der Waals surface area contributed by atoms with Crippen LogP contribution in [0.4, 0.5) is 15.3 Å². The molecule has 2 N–H and O–H groups in total. The average molecular weight is 613 g/mol. The highest BCUT2D eigenvalue weighted by Gasteiger charge is 2.39. The van der Waals surface area contributed by atoms with Gasteiger partial charge in [-0.2, -0.15) is 0 Å². The van der Waals surface area contributed by atoms with E-state index in [9.17, 15) is 13.8 Å². The zero-order valence-electron chi connectivity index (χ0n) is 26.8. The molecule has 42 heavy (non-hydrogen) atoms. The van der Waals surface area contributed by atoms with E-state index in [1.165, 1.54) is 27.2 Å². The third-order valence-corrected chi connectivity index (χ3v) is 16.8. The fraction of sp³-hybridized carbons (Fsp3) is 0.562. The van der Waals surface area contributed by atoms with Crippen molar-refractivity contribution >= 4 is 36.0 Å². The Morgan fingerprint density at radius 1 is 0.952 bits per heavy atom. The summed E-state index contributed by atoms with van der Waals surface area (Å²) in [5, 5.41) is 2.95. The van der Waals surface area contributed by atoms with Crippen LogP contribution in [0.5, 0.6) is 0 Å². The smallest absolute Gasteiger partial charge is 0.410 e. The van der Waals surface area contributed by atoms with Gasteiger partial charge in [0.05, 0.1) is 4.90 Å². The van der Waals surface area contributed by atoms with E-state index >= 15 is 0 Å². The third-order valence-electron chi connectivity index (χ3n) is 8.55. The van der Waals surface area contributed by atoms with Gasteiger partial charge >= 0.3 is 12.1 Å². The highest BCUT2D eigenvalue weighted by atomic mass is 32.2. The van der Waals surface area contributed by atoms with E-state index < -0.39 is 35.9 Å². The number of rotatable bonds is 6. The molecule has 0 saturated carbocycles. The lowest BCUT2D eigenvalue weighted by Gasteiger charge is -2.38. The second-order valence-corrected chi connectivity index (χ2v) is 21.5. The van der Waals surface area contributed by atoms with Crippen LogP contribution in [-0.2, 0) is 46.9 Å². The van der Waals surface area contributed by atoms with Gasteiger partial charge in [-0.05, 0) is 104 Å². The number of urea groups is 1. The van der Waals surface area contributed by atoms with Crippen molar-refractivity contribution < 1.29 is 18.5 Å². The number of nitrogens with one attached hydrogen (secondary N) is 2. The van der Waals surface area contributed by atoms with Gasteiger partial charge in [0.15, 0.2) is 0 Å². The van der Waals surface area contributed by atoms with E-state index in [1.807, 2.05) is 32.9 Å². The Bertz CT molecular complexity index is 1450. The van der Waals surface area contributed by atoms with Crippen LogP contribution in [0.2, 0.25) is 18.1 Å². The van der Waals surface area contributed by atoms with E-state index in [0.717, 1.165) is 49.8 Å². The number of fused-ring (bicyclic) bond motifs is 2. The van der Waals surface area contributed by atoms with Crippen LogP contribution in [-0.4, -0.2) is 42.1 Å². The van der Waals surface area contributed by atoms with Gasteiger partial charge in [-0.1, -0.05) is 52.1 Å². The molecule has 0 fully saturated rings. The summed E-state index contributed by atoms with van der Waals surface area (Å²) in [6, 6.07) is 8.88. The van der Waals surface area contributed by atoms with E-state index in [1.54, 1.807) is 19.2 Å². The molecule has 1 atom stereocenters. The largest absolute Gasteiger partial charge is 0.444 e. The first-order valence-corrected chi connectivity index (χ1v) is 19.5. The predicted molar refractivity (Wildman–Crippen MR) is 173 cm³/mol. The van der Waals surface area contributed by atoms with Crippen molar-refractivity contribution in [3.63, 3.8) is 0 Å². The van der Waals surface area contributed by atoms with Crippen molar-refractivity contribution in [2.24, 2.45) is 4.36 Å². The van der Waals surface area contributed by atoms with Gasteiger partial charge in [0.25, 0.3) is 0 Å². The Morgan fingerprint density at radius 2 is 1.50 bits per heavy atom. The number of carbonyl (C=O) groups excluding carboxylic acids is 2. The van der Waals surface area contributed by atoms with Gasteiger partial charge in [-0.3, -0.25) is 0 Å². The van der Waals surface area contributed by atoms with Gasteiger partial charge in [-0.25, -0.2) is 18.2 Å². The summed E-state index contributed by atoms with van der Waals surface area (Å²) in [4.78, 5) is 28.0. The molecule has 2 aliphatic rings. The summed E-state index contributed by atoms with van der Waals surface area (Å²) in [6.07, 6.45) is 5.68. The van der Waals surface area contributed by atoms with Crippen LogP contribution < -0.4 is 9.70 Å². The number of hydrogen-bond donors (Lipinski definition) is 2. The predicted octanol–water partition coefficient (Wildman–Crippen LogP) is 7.60. The van der Waals surface area contributed by atoms with Crippen molar-refractivity contribution in [3.05, 3.63) is 58.1 Å². The quantitative estimate of drug-likeness (QED) is 0.328. The van der Waals surface area contributed by atoms with Crippen LogP contribution in [0.25, 0.3) is 0 Å². The Labute approximate surface area is 253 Å². The normalized spacial score (nSPS) is 16.3. The van der Waals surface area contributed by atoms with E-state index in [4.69, 9.17) is 4.74 Å². The SMILES string of the molecule is CN(Cc1ccc(S(=O)(=NC(=O)Nc2c3c(cc4c2CCC4)CCC3)N[Si](C)(C)C(C)(C)C)cc1)C(=O)OC(C)(C)C. The van der Waals surface area contributed by atoms with E-state index in [0.29, 0.717) is 11.4 Å². The maximum atomic E-state index is 14.7. The van der Waals surface area contributed by atoms with Gasteiger partial charge in [-0.15, -0.1) is 4.36 Å². The molecule has 4 rings (SSSR count). The molecule has 230 valence electrons. The first kappa shape index (κ1) is 32.2.